The van der Waals surface area contributed by atoms with E-state index in [1.807, 2.05) is 12.1 Å². The summed E-state index contributed by atoms with van der Waals surface area (Å²) in [6.45, 7) is 0. The summed E-state index contributed by atoms with van der Waals surface area (Å²) in [4.78, 5) is 8.68. The van der Waals surface area contributed by atoms with Gasteiger partial charge in [-0.2, -0.15) is 0 Å². The fourth-order valence-electron chi connectivity index (χ4n) is 2.22. The number of nitrogens with zero attached hydrogens (tertiary/aromatic N) is 4. The first-order valence-electron chi connectivity index (χ1n) is 5.86. The number of rotatable bonds is 2. The van der Waals surface area contributed by atoms with E-state index in [1.54, 1.807) is 24.5 Å². The first kappa shape index (κ1) is 12.0. The van der Waals surface area contributed by atoms with Crippen LogP contribution in [0.5, 0.6) is 0 Å². The van der Waals surface area contributed by atoms with E-state index in [-0.39, 0.29) is 0 Å². The lowest BCUT2D eigenvalue weighted by molar-refractivity contribution is 0.321. The third kappa shape index (κ3) is 1.83. The van der Waals surface area contributed by atoms with Gasteiger partial charge in [0.1, 0.15) is 0 Å². The van der Waals surface area contributed by atoms with Crippen LogP contribution in [0.3, 0.4) is 0 Å². The zero-order chi connectivity index (χ0) is 13.9. The number of hydrogen-bond acceptors (Lipinski definition) is 6. The molecule has 2 aromatic heterocycles. The largest absolute Gasteiger partial charge is 0.411 e. The Balaban J connectivity index is 2.43. The van der Waals surface area contributed by atoms with Crippen molar-refractivity contribution in [2.75, 3.05) is 0 Å². The van der Waals surface area contributed by atoms with Gasteiger partial charge in [0, 0.05) is 34.3 Å². The molecule has 0 amide bonds. The molecule has 0 atom stereocenters. The monoisotopic (exact) mass is 266 g/mol. The molecule has 1 aromatic carbocycles. The Morgan fingerprint density at radius 3 is 1.60 bits per heavy atom. The van der Waals surface area contributed by atoms with Crippen LogP contribution >= 0.6 is 0 Å². The number of pyridine rings is 2. The van der Waals surface area contributed by atoms with Crippen molar-refractivity contribution in [1.82, 2.24) is 9.97 Å². The molecule has 0 unspecified atom stereocenters. The van der Waals surface area contributed by atoms with Gasteiger partial charge in [0.15, 0.2) is 0 Å². The van der Waals surface area contributed by atoms with Gasteiger partial charge < -0.3 is 10.4 Å². The zero-order valence-electron chi connectivity index (χ0n) is 10.3. The van der Waals surface area contributed by atoms with Gasteiger partial charge >= 0.3 is 0 Å². The average molecular weight is 266 g/mol. The van der Waals surface area contributed by atoms with E-state index in [2.05, 4.69) is 20.3 Å². The quantitative estimate of drug-likeness (QED) is 0.322. The molecule has 6 heteroatoms. The summed E-state index contributed by atoms with van der Waals surface area (Å²) in [7, 11) is 0. The van der Waals surface area contributed by atoms with Gasteiger partial charge in [-0.3, -0.25) is 9.97 Å². The van der Waals surface area contributed by atoms with Gasteiger partial charge in [-0.05, 0) is 12.1 Å². The summed E-state index contributed by atoms with van der Waals surface area (Å²) in [6, 6.07) is 7.26. The molecule has 0 aliphatic carbocycles. The van der Waals surface area contributed by atoms with Crippen LogP contribution in [0.1, 0.15) is 11.1 Å². The SMILES string of the molecule is ON=Cc1ccnc2c1ccc1c(C=NO)ccnc12. The molecule has 0 bridgehead atoms. The van der Waals surface area contributed by atoms with Crippen molar-refractivity contribution in [1.29, 1.82) is 0 Å². The Morgan fingerprint density at radius 1 is 0.750 bits per heavy atom. The van der Waals surface area contributed by atoms with Crippen LogP contribution in [0.2, 0.25) is 0 Å². The summed E-state index contributed by atoms with van der Waals surface area (Å²) in [5.41, 5.74) is 2.91. The smallest absolute Gasteiger partial charge is 0.0971 e. The molecular formula is C14H10N4O2. The lowest BCUT2D eigenvalue weighted by Gasteiger charge is -2.06. The maximum absolute atomic E-state index is 8.69. The molecule has 0 aliphatic rings. The Bertz CT molecular complexity index is 772. The third-order valence-corrected chi connectivity index (χ3v) is 3.08. The molecule has 0 saturated carbocycles. The van der Waals surface area contributed by atoms with E-state index in [0.717, 1.165) is 21.9 Å². The van der Waals surface area contributed by atoms with Crippen molar-refractivity contribution in [3.05, 3.63) is 47.8 Å². The molecule has 0 fully saturated rings. The van der Waals surface area contributed by atoms with E-state index in [4.69, 9.17) is 10.4 Å². The van der Waals surface area contributed by atoms with Crippen molar-refractivity contribution >= 4 is 34.2 Å². The first-order valence-corrected chi connectivity index (χ1v) is 5.86. The van der Waals surface area contributed by atoms with Crippen LogP contribution in [-0.2, 0) is 0 Å². The molecule has 20 heavy (non-hydrogen) atoms. The van der Waals surface area contributed by atoms with Crippen LogP contribution < -0.4 is 0 Å². The summed E-state index contributed by atoms with van der Waals surface area (Å²) >= 11 is 0. The van der Waals surface area contributed by atoms with Crippen molar-refractivity contribution in [3.63, 3.8) is 0 Å². The second-order valence-electron chi connectivity index (χ2n) is 4.15. The molecule has 6 nitrogen and oxygen atoms in total. The van der Waals surface area contributed by atoms with Crippen molar-refractivity contribution < 1.29 is 10.4 Å². The number of benzene rings is 1. The molecule has 0 saturated heterocycles. The van der Waals surface area contributed by atoms with E-state index in [1.165, 1.54) is 12.4 Å². The van der Waals surface area contributed by atoms with Gasteiger partial charge in [-0.25, -0.2) is 0 Å². The molecule has 0 radical (unpaired) electrons. The molecule has 98 valence electrons. The maximum atomic E-state index is 8.69. The molecule has 3 rings (SSSR count). The number of aromatic nitrogens is 2. The Hall–Kier alpha value is -3.02. The van der Waals surface area contributed by atoms with Crippen LogP contribution in [0.4, 0.5) is 0 Å². The number of fused-ring (bicyclic) bond motifs is 3. The fraction of sp³-hybridized carbons (Fsp3) is 0. The van der Waals surface area contributed by atoms with E-state index >= 15 is 0 Å². The predicted octanol–water partition coefficient (Wildman–Crippen LogP) is 2.40. The summed E-state index contributed by atoms with van der Waals surface area (Å²) < 4.78 is 0. The van der Waals surface area contributed by atoms with Gasteiger partial charge in [-0.1, -0.05) is 22.4 Å². The van der Waals surface area contributed by atoms with Gasteiger partial charge in [0.2, 0.25) is 0 Å². The van der Waals surface area contributed by atoms with E-state index in [9.17, 15) is 0 Å². The molecular weight excluding hydrogens is 256 g/mol. The van der Waals surface area contributed by atoms with Crippen molar-refractivity contribution in [2.45, 2.75) is 0 Å². The van der Waals surface area contributed by atoms with Gasteiger partial charge in [-0.15, -0.1) is 0 Å². The minimum absolute atomic E-state index is 0.702. The number of oxime groups is 2. The highest BCUT2D eigenvalue weighted by molar-refractivity contribution is 6.12. The van der Waals surface area contributed by atoms with Crippen molar-refractivity contribution in [2.24, 2.45) is 10.3 Å². The molecule has 3 aromatic rings. The molecule has 0 aliphatic heterocycles. The Kier molecular flexibility index (Phi) is 2.96. The maximum Gasteiger partial charge on any atom is 0.0971 e. The highest BCUT2D eigenvalue weighted by atomic mass is 16.4. The average Bonchev–Trinajstić information content (AvgIpc) is 2.48. The van der Waals surface area contributed by atoms with Crippen LogP contribution in [-0.4, -0.2) is 32.8 Å². The standard InChI is InChI=1S/C14H10N4O2/c19-17-7-9-3-5-15-13-11(9)1-2-12-10(8-18-20)4-6-16-14(12)13/h1-8,19-20H. The van der Waals surface area contributed by atoms with Crippen LogP contribution in [0, 0.1) is 0 Å². The third-order valence-electron chi connectivity index (χ3n) is 3.08. The van der Waals surface area contributed by atoms with Gasteiger partial charge in [0.25, 0.3) is 0 Å². The predicted molar refractivity (Wildman–Crippen MR) is 75.8 cm³/mol. The van der Waals surface area contributed by atoms with Crippen LogP contribution in [0.25, 0.3) is 21.8 Å². The lowest BCUT2D eigenvalue weighted by Crippen LogP contribution is -1.93. The minimum atomic E-state index is 0.702. The zero-order valence-corrected chi connectivity index (χ0v) is 10.3. The minimum Gasteiger partial charge on any atom is -0.411 e. The summed E-state index contributed by atoms with van der Waals surface area (Å²) in [5.74, 6) is 0. The topological polar surface area (TPSA) is 91.0 Å². The Morgan fingerprint density at radius 2 is 1.20 bits per heavy atom. The second kappa shape index (κ2) is 4.93. The van der Waals surface area contributed by atoms with Crippen molar-refractivity contribution in [3.8, 4) is 0 Å². The lowest BCUT2D eigenvalue weighted by atomic mass is 10.0. The fourth-order valence-corrected chi connectivity index (χ4v) is 2.22. The van der Waals surface area contributed by atoms with E-state index < -0.39 is 0 Å². The second-order valence-corrected chi connectivity index (χ2v) is 4.15. The normalized spacial score (nSPS) is 12.0. The highest BCUT2D eigenvalue weighted by Gasteiger charge is 2.08. The van der Waals surface area contributed by atoms with E-state index in [0.29, 0.717) is 11.0 Å². The van der Waals surface area contributed by atoms with Gasteiger partial charge in [0.05, 0.1) is 23.5 Å². The summed E-state index contributed by atoms with van der Waals surface area (Å²) in [5, 5.41) is 25.2. The highest BCUT2D eigenvalue weighted by Crippen LogP contribution is 2.25. The molecule has 2 N–H and O–H groups in total. The molecule has 2 heterocycles. The Labute approximate surface area is 113 Å². The molecule has 0 spiro atoms. The van der Waals surface area contributed by atoms with Crippen LogP contribution in [0.15, 0.2) is 47.0 Å². The first-order chi connectivity index (χ1) is 9.85. The number of hydrogen-bond donors (Lipinski definition) is 2. The summed E-state index contributed by atoms with van der Waals surface area (Å²) in [6.07, 6.45) is 5.98.